The van der Waals surface area contributed by atoms with E-state index in [0.717, 1.165) is 24.3 Å². The Hall–Kier alpha value is -4.96. The minimum absolute atomic E-state index is 0.0616. The second kappa shape index (κ2) is 38.1. The molecule has 1 unspecified atom stereocenters. The van der Waals surface area contributed by atoms with E-state index in [-0.39, 0.29) is 49.1 Å². The Morgan fingerprint density at radius 2 is 1.15 bits per heavy atom. The molecule has 67 heavy (non-hydrogen) atoms. The molecule has 1 aromatic rings. The van der Waals surface area contributed by atoms with Gasteiger partial charge in [0, 0.05) is 63.9 Å². The molecule has 1 aromatic carbocycles. The number of primary amides is 1. The summed E-state index contributed by atoms with van der Waals surface area (Å²) in [4.78, 5) is 73.9. The van der Waals surface area contributed by atoms with Crippen molar-refractivity contribution in [2.24, 2.45) is 11.7 Å². The number of carbonyl (C=O) groups excluding carboxylic acids is 6. The number of anilines is 1. The number of hydrogen-bond donors (Lipinski definition) is 8. The third kappa shape index (κ3) is 35.8. The summed E-state index contributed by atoms with van der Waals surface area (Å²) in [6.45, 7) is 17.8. The van der Waals surface area contributed by atoms with Gasteiger partial charge in [0.2, 0.25) is 17.7 Å². The maximum absolute atomic E-state index is 13.5. The number of amides is 7. The van der Waals surface area contributed by atoms with E-state index in [1.807, 2.05) is 38.1 Å². The molecule has 0 bridgehead atoms. The van der Waals surface area contributed by atoms with Gasteiger partial charge >= 0.3 is 18.2 Å². The molecule has 21 nitrogen and oxygen atoms in total. The molecule has 0 aliphatic heterocycles. The number of alkyl carbamates (subject to hydrolysis) is 2. The van der Waals surface area contributed by atoms with Gasteiger partial charge in [0.1, 0.15) is 18.2 Å². The number of nitrogens with two attached hydrogens (primary N) is 1. The molecule has 21 heteroatoms. The summed E-state index contributed by atoms with van der Waals surface area (Å²) in [6, 6.07) is 5.45. The van der Waals surface area contributed by atoms with Crippen LogP contribution in [0.4, 0.5) is 20.1 Å². The van der Waals surface area contributed by atoms with Crippen LogP contribution in [0.15, 0.2) is 24.3 Å². The maximum Gasteiger partial charge on any atom is 0.407 e. The largest absolute Gasteiger partial charge is 0.445 e. The zero-order chi connectivity index (χ0) is 49.5. The van der Waals surface area contributed by atoms with Gasteiger partial charge in [-0.15, -0.1) is 0 Å². The zero-order valence-corrected chi connectivity index (χ0v) is 40.9. The van der Waals surface area contributed by atoms with Gasteiger partial charge in [-0.3, -0.25) is 14.4 Å². The second-order valence-corrected chi connectivity index (χ2v) is 16.9. The molecule has 0 radical (unpaired) electrons. The first-order chi connectivity index (χ1) is 32.1. The van der Waals surface area contributed by atoms with Gasteiger partial charge in [0.15, 0.2) is 0 Å². The van der Waals surface area contributed by atoms with Crippen molar-refractivity contribution in [1.82, 2.24) is 31.9 Å². The van der Waals surface area contributed by atoms with Crippen LogP contribution in [0.3, 0.4) is 0 Å². The third-order valence-corrected chi connectivity index (χ3v) is 9.27. The fraction of sp³-hybridized carbons (Fsp3) is 0.739. The van der Waals surface area contributed by atoms with E-state index in [4.69, 9.17) is 38.9 Å². The van der Waals surface area contributed by atoms with Crippen molar-refractivity contribution in [3.8, 4) is 0 Å². The van der Waals surface area contributed by atoms with Gasteiger partial charge in [0.05, 0.1) is 59.5 Å². The third-order valence-electron chi connectivity index (χ3n) is 9.27. The highest BCUT2D eigenvalue weighted by Gasteiger charge is 2.26. The lowest BCUT2D eigenvalue weighted by Crippen LogP contribution is -2.53. The lowest BCUT2D eigenvalue weighted by atomic mass is 10.0. The van der Waals surface area contributed by atoms with E-state index in [2.05, 4.69) is 44.1 Å². The van der Waals surface area contributed by atoms with Crippen LogP contribution in [0.5, 0.6) is 0 Å². The fourth-order valence-corrected chi connectivity index (χ4v) is 5.85. The molecule has 384 valence electrons. The van der Waals surface area contributed by atoms with Gasteiger partial charge < -0.3 is 76.1 Å². The molecule has 0 aliphatic rings. The molecule has 0 aromatic heterocycles. The number of benzene rings is 1. The average molecular weight is 955 g/mol. The summed E-state index contributed by atoms with van der Waals surface area (Å²) in [5.41, 5.74) is 6.19. The molecule has 0 aliphatic carbocycles. The molecular formula is C46H82N8O13. The number of carbonyl (C=O) groups is 6. The van der Waals surface area contributed by atoms with Gasteiger partial charge in [0.25, 0.3) is 0 Å². The minimum Gasteiger partial charge on any atom is -0.445 e. The monoisotopic (exact) mass is 955 g/mol. The number of nitrogens with one attached hydrogen (secondary N) is 7. The van der Waals surface area contributed by atoms with E-state index in [1.165, 1.54) is 0 Å². The topological polar surface area (TPSA) is 277 Å². The average Bonchev–Trinajstić information content (AvgIpc) is 3.27. The molecule has 2 atom stereocenters. The van der Waals surface area contributed by atoms with Crippen LogP contribution in [0.25, 0.3) is 0 Å². The maximum atomic E-state index is 13.5. The van der Waals surface area contributed by atoms with Gasteiger partial charge in [-0.05, 0) is 82.9 Å². The van der Waals surface area contributed by atoms with E-state index < -0.39 is 29.9 Å². The number of unbranched alkanes of at least 4 members (excludes halogenated alkanes) is 1. The van der Waals surface area contributed by atoms with E-state index >= 15 is 0 Å². The Balaban J connectivity index is 2.39. The summed E-state index contributed by atoms with van der Waals surface area (Å²) in [5.74, 6) is -1.14. The SMILES string of the molecule is CCCOCCOCCOCCOCCOCCNC(=O)CCCC(=O)NC(C(=O)N[C@@H](CCCNC(N)=O)CNc1ccc(COC(=O)NCCCCNC(=O)OC(C)(C)C)cc1)C(C)C. The summed E-state index contributed by atoms with van der Waals surface area (Å²) >= 11 is 0. The molecule has 0 heterocycles. The van der Waals surface area contributed by atoms with Crippen LogP contribution in [0.2, 0.25) is 0 Å². The Morgan fingerprint density at radius 1 is 0.612 bits per heavy atom. The predicted molar refractivity (Wildman–Crippen MR) is 253 cm³/mol. The van der Waals surface area contributed by atoms with Crippen LogP contribution in [0.1, 0.15) is 98.5 Å². The molecule has 7 amide bonds. The van der Waals surface area contributed by atoms with E-state index in [9.17, 15) is 28.8 Å². The molecule has 0 saturated carbocycles. The van der Waals surface area contributed by atoms with Crippen molar-refractivity contribution in [2.45, 2.75) is 117 Å². The van der Waals surface area contributed by atoms with Crippen molar-refractivity contribution < 1.29 is 61.9 Å². The summed E-state index contributed by atoms with van der Waals surface area (Å²) in [5, 5.41) is 19.9. The number of urea groups is 1. The van der Waals surface area contributed by atoms with Crippen molar-refractivity contribution in [3.63, 3.8) is 0 Å². The van der Waals surface area contributed by atoms with Gasteiger partial charge in [-0.25, -0.2) is 14.4 Å². The molecule has 0 saturated heterocycles. The van der Waals surface area contributed by atoms with E-state index in [0.29, 0.717) is 124 Å². The van der Waals surface area contributed by atoms with E-state index in [1.54, 1.807) is 20.8 Å². The van der Waals surface area contributed by atoms with Crippen molar-refractivity contribution >= 4 is 41.6 Å². The van der Waals surface area contributed by atoms with Crippen LogP contribution in [-0.4, -0.2) is 152 Å². The molecule has 0 fully saturated rings. The van der Waals surface area contributed by atoms with Gasteiger partial charge in [-0.2, -0.15) is 0 Å². The lowest BCUT2D eigenvalue weighted by molar-refractivity contribution is -0.130. The highest BCUT2D eigenvalue weighted by Crippen LogP contribution is 2.13. The number of hydrogen-bond acceptors (Lipinski definition) is 14. The van der Waals surface area contributed by atoms with Gasteiger partial charge in [-0.1, -0.05) is 32.9 Å². The Bertz CT molecular complexity index is 1520. The Kier molecular flexibility index (Phi) is 34.1. The first-order valence-corrected chi connectivity index (χ1v) is 23.6. The van der Waals surface area contributed by atoms with Crippen LogP contribution in [0, 0.1) is 5.92 Å². The van der Waals surface area contributed by atoms with Crippen LogP contribution >= 0.6 is 0 Å². The smallest absolute Gasteiger partial charge is 0.407 e. The summed E-state index contributed by atoms with van der Waals surface area (Å²) in [6.07, 6.45) is 2.79. The Labute approximate surface area is 397 Å². The number of ether oxygens (including phenoxy) is 7. The lowest BCUT2D eigenvalue weighted by Gasteiger charge is -2.26. The Morgan fingerprint density at radius 3 is 1.70 bits per heavy atom. The quantitative estimate of drug-likeness (QED) is 0.0439. The summed E-state index contributed by atoms with van der Waals surface area (Å²) in [7, 11) is 0. The molecule has 1 rings (SSSR count). The standard InChI is InChI=1S/C46H82N8O13/c1-7-23-61-25-27-63-29-31-65-32-30-64-28-26-62-24-22-48-39(55)13-10-14-40(56)54-41(35(2)3)42(57)53-38(12-11-21-49-43(47)58)33-52-37-17-15-36(16-18-37)34-66-44(59)50-19-8-9-20-51-45(60)67-46(4,5)6/h15-18,35,38,41,52H,7-14,19-34H2,1-6H3,(H,48,55)(H,50,59)(H,51,60)(H,53,57)(H,54,56)(H3,47,49,58)/t38-,41?/m0/s1. The van der Waals surface area contributed by atoms with Crippen molar-refractivity contribution in [2.75, 3.05) is 104 Å². The fourth-order valence-electron chi connectivity index (χ4n) is 5.85. The van der Waals surface area contributed by atoms with Crippen LogP contribution in [-0.2, 0) is 54.1 Å². The molecule has 0 spiro atoms. The van der Waals surface area contributed by atoms with Crippen LogP contribution < -0.4 is 43.0 Å². The second-order valence-electron chi connectivity index (χ2n) is 16.9. The van der Waals surface area contributed by atoms with Crippen molar-refractivity contribution in [1.29, 1.82) is 0 Å². The first-order valence-electron chi connectivity index (χ1n) is 23.6. The minimum atomic E-state index is -0.820. The molecular weight excluding hydrogens is 873 g/mol. The zero-order valence-electron chi connectivity index (χ0n) is 40.9. The summed E-state index contributed by atoms with van der Waals surface area (Å²) < 4.78 is 37.7. The van der Waals surface area contributed by atoms with Crippen molar-refractivity contribution in [3.05, 3.63) is 29.8 Å². The molecule has 9 N–H and O–H groups in total. The first kappa shape index (κ1) is 60.1. The predicted octanol–water partition coefficient (Wildman–Crippen LogP) is 3.48. The number of rotatable bonds is 39. The highest BCUT2D eigenvalue weighted by molar-refractivity contribution is 5.88. The normalized spacial score (nSPS) is 12.1. The highest BCUT2D eigenvalue weighted by atomic mass is 16.6.